The number of hydrogen-bond acceptors (Lipinski definition) is 1. The molecule has 0 saturated heterocycles. The molecule has 9 aromatic rings. The van der Waals surface area contributed by atoms with Crippen molar-refractivity contribution in [2.45, 2.75) is 0 Å². The molecule has 10 rings (SSSR count). The summed E-state index contributed by atoms with van der Waals surface area (Å²) in [7, 11) is 0. The van der Waals surface area contributed by atoms with E-state index in [0.717, 1.165) is 76.8 Å². The van der Waals surface area contributed by atoms with Gasteiger partial charge in [0.25, 0.3) is 0 Å². The van der Waals surface area contributed by atoms with Gasteiger partial charge in [-0.3, -0.25) is 0 Å². The third kappa shape index (κ3) is 3.56. The number of rotatable bonds is 2. The summed E-state index contributed by atoms with van der Waals surface area (Å²) >= 11 is 0. The smallest absolute Gasteiger partial charge is 0.136 e. The summed E-state index contributed by atoms with van der Waals surface area (Å²) in [6.07, 6.45) is 0. The van der Waals surface area contributed by atoms with Gasteiger partial charge in [-0.25, -0.2) is 0 Å². The average Bonchev–Trinajstić information content (AvgIpc) is 3.15. The maximum atomic E-state index is 8.68. The Morgan fingerprint density at radius 2 is 1.11 bits per heavy atom. The molecule has 45 heavy (non-hydrogen) atoms. The summed E-state index contributed by atoms with van der Waals surface area (Å²) in [6.45, 7) is 0. The van der Waals surface area contributed by atoms with Gasteiger partial charge < -0.3 is 4.74 Å². The Kier molecular flexibility index (Phi) is 4.15. The number of hydrogen-bond donors (Lipinski definition) is 0. The Hall–Kier alpha value is -5.92. The molecule has 1 aliphatic heterocycles. The zero-order chi connectivity index (χ0) is 33.8. The van der Waals surface area contributed by atoms with E-state index in [1.54, 1.807) is 0 Å². The second kappa shape index (κ2) is 9.29. The minimum Gasteiger partial charge on any atom is -0.456 e. The van der Waals surface area contributed by atoms with Crippen LogP contribution in [-0.2, 0) is 0 Å². The summed E-state index contributed by atoms with van der Waals surface area (Å²) in [4.78, 5) is 0. The van der Waals surface area contributed by atoms with E-state index >= 15 is 0 Å². The highest BCUT2D eigenvalue weighted by atomic mass is 16.5. The van der Waals surface area contributed by atoms with Crippen LogP contribution in [-0.4, -0.2) is 0 Å². The molecule has 1 aliphatic rings. The minimum absolute atomic E-state index is 0.205. The average molecular weight is 576 g/mol. The summed E-state index contributed by atoms with van der Waals surface area (Å²) in [6, 6.07) is 42.6. The van der Waals surface area contributed by atoms with Gasteiger partial charge in [-0.1, -0.05) is 133 Å². The van der Waals surface area contributed by atoms with Gasteiger partial charge in [0.05, 0.1) is 6.85 Å². The van der Waals surface area contributed by atoms with Gasteiger partial charge in [0.15, 0.2) is 0 Å². The topological polar surface area (TPSA) is 9.23 Å². The van der Waals surface area contributed by atoms with E-state index in [9.17, 15) is 0 Å². The fraction of sp³-hybridized carbons (Fsp3) is 0. The van der Waals surface area contributed by atoms with E-state index < -0.39 is 6.04 Å². The minimum atomic E-state index is -0.394. The van der Waals surface area contributed by atoms with Crippen molar-refractivity contribution >= 4 is 53.9 Å². The van der Waals surface area contributed by atoms with Crippen LogP contribution in [0.3, 0.4) is 0 Å². The van der Waals surface area contributed by atoms with E-state index in [1.165, 1.54) is 10.8 Å². The fourth-order valence-corrected chi connectivity index (χ4v) is 7.35. The highest BCUT2D eigenvalue weighted by molar-refractivity contribution is 6.22. The lowest BCUT2D eigenvalue weighted by molar-refractivity contribution is 0.488. The first kappa shape index (κ1) is 20.1. The van der Waals surface area contributed by atoms with Gasteiger partial charge in [-0.15, -0.1) is 0 Å². The predicted octanol–water partition coefficient (Wildman–Crippen LogP) is 12.6. The van der Waals surface area contributed by atoms with E-state index in [4.69, 9.17) is 11.6 Å². The first-order valence-corrected chi connectivity index (χ1v) is 15.1. The molecule has 0 aliphatic carbocycles. The normalized spacial score (nSPS) is 13.7. The third-order valence-electron chi connectivity index (χ3n) is 9.30. The molecule has 0 spiro atoms. The Morgan fingerprint density at radius 1 is 0.400 bits per heavy atom. The molecule has 0 unspecified atom stereocenters. The van der Waals surface area contributed by atoms with Crippen molar-refractivity contribution in [3.8, 4) is 44.9 Å². The Balaban J connectivity index is 1.24. The van der Waals surface area contributed by atoms with Crippen LogP contribution in [0.25, 0.3) is 87.2 Å². The second-order valence-corrected chi connectivity index (χ2v) is 11.7. The van der Waals surface area contributed by atoms with Crippen molar-refractivity contribution < 1.29 is 11.6 Å². The molecule has 0 radical (unpaired) electrons. The SMILES string of the molecule is [2H]c1c([2H])c([2H])c(-c2cccc3c2ccc2c(-c4ccc5c(c4)-c4cccc6c4c(cc4ccccc46)O5)c4ccccc4cc23)c([2H])c1[2H]. The molecule has 1 nitrogen and oxygen atoms in total. The fourth-order valence-electron chi connectivity index (χ4n) is 7.35. The second-order valence-electron chi connectivity index (χ2n) is 11.7. The predicted molar refractivity (Wildman–Crippen MR) is 190 cm³/mol. The van der Waals surface area contributed by atoms with Gasteiger partial charge in [-0.05, 0) is 101 Å². The standard InChI is InChI=1S/C44H26O/c1-2-10-27(11-3-1)31-16-8-17-34-35(31)21-22-38-39(34)24-28-12-5-7-15-33(28)43(38)30-20-23-41-40(25-30)37-19-9-18-36-32-14-6-4-13-29(32)26-42(45-41)44(36)37/h1-26H/i1D,2D,3D,10D,11D. The molecule has 208 valence electrons. The van der Waals surface area contributed by atoms with Gasteiger partial charge in [0.2, 0.25) is 0 Å². The quantitative estimate of drug-likeness (QED) is 0.147. The van der Waals surface area contributed by atoms with E-state index in [2.05, 4.69) is 103 Å². The summed E-state index contributed by atoms with van der Waals surface area (Å²) in [5, 5.41) is 10.7. The monoisotopic (exact) mass is 575 g/mol. The molecule has 0 N–H and O–H groups in total. The van der Waals surface area contributed by atoms with Crippen molar-refractivity contribution in [2.75, 3.05) is 0 Å². The number of benzene rings is 9. The van der Waals surface area contributed by atoms with Crippen LogP contribution in [0.1, 0.15) is 6.85 Å². The third-order valence-corrected chi connectivity index (χ3v) is 9.30. The molecule has 0 bridgehead atoms. The summed E-state index contributed by atoms with van der Waals surface area (Å²) in [5.74, 6) is 1.69. The first-order chi connectivity index (χ1) is 24.4. The van der Waals surface area contributed by atoms with Crippen LogP contribution in [0.4, 0.5) is 0 Å². The zero-order valence-electron chi connectivity index (χ0n) is 29.0. The number of fused-ring (bicyclic) bond motifs is 8. The van der Waals surface area contributed by atoms with Gasteiger partial charge >= 0.3 is 0 Å². The maximum Gasteiger partial charge on any atom is 0.136 e. The largest absolute Gasteiger partial charge is 0.456 e. The Bertz CT molecular complexity index is 2940. The molecule has 0 atom stereocenters. The van der Waals surface area contributed by atoms with Crippen molar-refractivity contribution in [3.05, 3.63) is 158 Å². The summed E-state index contributed by atoms with van der Waals surface area (Å²) < 4.78 is 48.7. The van der Waals surface area contributed by atoms with Gasteiger partial charge in [-0.2, -0.15) is 0 Å². The molecule has 1 heterocycles. The van der Waals surface area contributed by atoms with E-state index in [-0.39, 0.29) is 29.7 Å². The van der Waals surface area contributed by atoms with Crippen molar-refractivity contribution in [2.24, 2.45) is 0 Å². The Labute approximate surface area is 267 Å². The molecule has 1 heteroatoms. The Morgan fingerprint density at radius 3 is 1.98 bits per heavy atom. The van der Waals surface area contributed by atoms with Crippen molar-refractivity contribution in [1.29, 1.82) is 0 Å². The highest BCUT2D eigenvalue weighted by Crippen LogP contribution is 2.50. The van der Waals surface area contributed by atoms with Crippen LogP contribution in [0, 0.1) is 0 Å². The molecule has 0 saturated carbocycles. The molecule has 0 fully saturated rings. The van der Waals surface area contributed by atoms with Crippen LogP contribution < -0.4 is 4.74 Å². The van der Waals surface area contributed by atoms with E-state index in [0.29, 0.717) is 5.56 Å². The van der Waals surface area contributed by atoms with Crippen LogP contribution >= 0.6 is 0 Å². The molecular weight excluding hydrogens is 544 g/mol. The first-order valence-electron chi connectivity index (χ1n) is 17.6. The van der Waals surface area contributed by atoms with Crippen molar-refractivity contribution in [1.82, 2.24) is 0 Å². The van der Waals surface area contributed by atoms with Crippen LogP contribution in [0.5, 0.6) is 11.5 Å². The van der Waals surface area contributed by atoms with Gasteiger partial charge in [0.1, 0.15) is 11.5 Å². The lowest BCUT2D eigenvalue weighted by Crippen LogP contribution is -1.98. The lowest BCUT2D eigenvalue weighted by atomic mass is 9.86. The lowest BCUT2D eigenvalue weighted by Gasteiger charge is -2.23. The number of ether oxygens (including phenoxy) is 1. The molecular formula is C44H26O. The molecule has 0 aromatic heterocycles. The molecule has 9 aromatic carbocycles. The summed E-state index contributed by atoms with van der Waals surface area (Å²) in [5.41, 5.74) is 5.18. The van der Waals surface area contributed by atoms with Crippen LogP contribution in [0.2, 0.25) is 0 Å². The molecule has 0 amide bonds. The van der Waals surface area contributed by atoms with Gasteiger partial charge in [0, 0.05) is 10.9 Å². The highest BCUT2D eigenvalue weighted by Gasteiger charge is 2.23. The van der Waals surface area contributed by atoms with Crippen molar-refractivity contribution in [3.63, 3.8) is 0 Å². The zero-order valence-corrected chi connectivity index (χ0v) is 24.0. The van der Waals surface area contributed by atoms with E-state index in [1.807, 2.05) is 24.3 Å². The van der Waals surface area contributed by atoms with Crippen LogP contribution in [0.15, 0.2) is 158 Å². The maximum absolute atomic E-state index is 8.68.